The highest BCUT2D eigenvalue weighted by Gasteiger charge is 2.15. The topological polar surface area (TPSA) is 58.6 Å². The second kappa shape index (κ2) is 7.14. The van der Waals surface area contributed by atoms with Crippen molar-refractivity contribution in [2.75, 3.05) is 6.61 Å². The van der Waals surface area contributed by atoms with Gasteiger partial charge >= 0.3 is 0 Å². The number of hydrogen-bond donors (Lipinski definition) is 2. The number of benzene rings is 1. The van der Waals surface area contributed by atoms with E-state index in [2.05, 4.69) is 5.32 Å². The Labute approximate surface area is 113 Å². The molecule has 1 aliphatic heterocycles. The first-order valence-electron chi connectivity index (χ1n) is 6.90. The molecule has 0 radical (unpaired) electrons. The zero-order chi connectivity index (χ0) is 13.5. The fourth-order valence-electron chi connectivity index (χ4n) is 2.23. The third-order valence-electron chi connectivity index (χ3n) is 3.39. The summed E-state index contributed by atoms with van der Waals surface area (Å²) in [5, 5.41) is 12.0. The van der Waals surface area contributed by atoms with Gasteiger partial charge in [0.05, 0.1) is 6.10 Å². The van der Waals surface area contributed by atoms with Crippen molar-refractivity contribution in [3.05, 3.63) is 29.8 Å². The Kier molecular flexibility index (Phi) is 5.21. The number of amides is 1. The van der Waals surface area contributed by atoms with Crippen LogP contribution in [0.3, 0.4) is 0 Å². The number of ether oxygens (including phenoxy) is 1. The van der Waals surface area contributed by atoms with Gasteiger partial charge in [-0.05, 0) is 43.4 Å². The minimum absolute atomic E-state index is 0.0576. The molecule has 1 heterocycles. The largest absolute Gasteiger partial charge is 0.508 e. The summed E-state index contributed by atoms with van der Waals surface area (Å²) >= 11 is 0. The van der Waals surface area contributed by atoms with E-state index in [4.69, 9.17) is 9.84 Å². The van der Waals surface area contributed by atoms with Crippen LogP contribution in [-0.4, -0.2) is 23.7 Å². The van der Waals surface area contributed by atoms with E-state index in [1.165, 1.54) is 6.42 Å². The van der Waals surface area contributed by atoms with Crippen LogP contribution in [0.5, 0.6) is 5.75 Å². The molecule has 1 saturated heterocycles. The van der Waals surface area contributed by atoms with Gasteiger partial charge in [0.2, 0.25) is 5.91 Å². The molecule has 1 aromatic carbocycles. The van der Waals surface area contributed by atoms with Crippen molar-refractivity contribution in [3.8, 4) is 5.75 Å². The SMILES string of the molecule is O=C(CCC1CCCCO1)NCc1ccc(O)cc1. The van der Waals surface area contributed by atoms with E-state index in [0.717, 1.165) is 31.4 Å². The van der Waals surface area contributed by atoms with Crippen LogP contribution in [0.4, 0.5) is 0 Å². The lowest BCUT2D eigenvalue weighted by Crippen LogP contribution is -2.26. The summed E-state index contributed by atoms with van der Waals surface area (Å²) in [6.45, 7) is 1.34. The van der Waals surface area contributed by atoms with E-state index in [9.17, 15) is 4.79 Å². The van der Waals surface area contributed by atoms with E-state index in [1.54, 1.807) is 24.3 Å². The summed E-state index contributed by atoms with van der Waals surface area (Å²) < 4.78 is 5.60. The third-order valence-corrected chi connectivity index (χ3v) is 3.39. The average Bonchev–Trinajstić information content (AvgIpc) is 2.45. The maximum absolute atomic E-state index is 11.7. The fourth-order valence-corrected chi connectivity index (χ4v) is 2.23. The van der Waals surface area contributed by atoms with Crippen LogP contribution < -0.4 is 5.32 Å². The van der Waals surface area contributed by atoms with Crippen LogP contribution >= 0.6 is 0 Å². The zero-order valence-electron chi connectivity index (χ0n) is 11.1. The summed E-state index contributed by atoms with van der Waals surface area (Å²) in [6.07, 6.45) is 5.01. The molecule has 0 aliphatic carbocycles. The highest BCUT2D eigenvalue weighted by atomic mass is 16.5. The fraction of sp³-hybridized carbons (Fsp3) is 0.533. The van der Waals surface area contributed by atoms with Crippen molar-refractivity contribution < 1.29 is 14.6 Å². The second-order valence-electron chi connectivity index (χ2n) is 4.97. The summed E-state index contributed by atoms with van der Waals surface area (Å²) in [4.78, 5) is 11.7. The highest BCUT2D eigenvalue weighted by Crippen LogP contribution is 2.16. The number of nitrogens with one attached hydrogen (secondary N) is 1. The molecule has 0 bridgehead atoms. The molecule has 0 spiro atoms. The van der Waals surface area contributed by atoms with Crippen LogP contribution in [0, 0.1) is 0 Å². The Balaban J connectivity index is 1.65. The first-order valence-corrected chi connectivity index (χ1v) is 6.90. The maximum atomic E-state index is 11.7. The highest BCUT2D eigenvalue weighted by molar-refractivity contribution is 5.75. The predicted molar refractivity (Wildman–Crippen MR) is 72.8 cm³/mol. The lowest BCUT2D eigenvalue weighted by atomic mass is 10.0. The maximum Gasteiger partial charge on any atom is 0.220 e. The lowest BCUT2D eigenvalue weighted by molar-refractivity contribution is -0.122. The first kappa shape index (κ1) is 13.9. The lowest BCUT2D eigenvalue weighted by Gasteiger charge is -2.22. The van der Waals surface area contributed by atoms with Gasteiger partial charge in [0.15, 0.2) is 0 Å². The average molecular weight is 263 g/mol. The molecular formula is C15H21NO3. The first-order chi connectivity index (χ1) is 9.24. The van der Waals surface area contributed by atoms with E-state index in [-0.39, 0.29) is 17.8 Å². The van der Waals surface area contributed by atoms with Gasteiger partial charge in [0, 0.05) is 19.6 Å². The smallest absolute Gasteiger partial charge is 0.220 e. The Morgan fingerprint density at radius 3 is 2.79 bits per heavy atom. The number of phenols is 1. The second-order valence-corrected chi connectivity index (χ2v) is 4.97. The Morgan fingerprint density at radius 1 is 1.32 bits per heavy atom. The number of hydrogen-bond acceptors (Lipinski definition) is 3. The molecule has 1 unspecified atom stereocenters. The Hall–Kier alpha value is -1.55. The molecular weight excluding hydrogens is 242 g/mol. The van der Waals surface area contributed by atoms with Crippen LogP contribution in [0.15, 0.2) is 24.3 Å². The number of carbonyl (C=O) groups is 1. The molecule has 0 saturated carbocycles. The summed E-state index contributed by atoms with van der Waals surface area (Å²) in [6, 6.07) is 6.86. The summed E-state index contributed by atoms with van der Waals surface area (Å²) in [5.74, 6) is 0.298. The van der Waals surface area contributed by atoms with Gasteiger partial charge in [-0.3, -0.25) is 4.79 Å². The van der Waals surface area contributed by atoms with Gasteiger partial charge in [0.1, 0.15) is 5.75 Å². The van der Waals surface area contributed by atoms with Gasteiger partial charge in [-0.25, -0.2) is 0 Å². The Bertz CT molecular complexity index is 396. The van der Waals surface area contributed by atoms with Gasteiger partial charge in [-0.1, -0.05) is 12.1 Å². The van der Waals surface area contributed by atoms with Gasteiger partial charge < -0.3 is 15.2 Å². The van der Waals surface area contributed by atoms with Gasteiger partial charge in [-0.15, -0.1) is 0 Å². The number of aromatic hydroxyl groups is 1. The number of carbonyl (C=O) groups excluding carboxylic acids is 1. The molecule has 2 N–H and O–H groups in total. The molecule has 2 rings (SSSR count). The Morgan fingerprint density at radius 2 is 2.11 bits per heavy atom. The molecule has 0 aromatic heterocycles. The number of phenolic OH excluding ortho intramolecular Hbond substituents is 1. The summed E-state index contributed by atoms with van der Waals surface area (Å²) in [5.41, 5.74) is 0.986. The van der Waals surface area contributed by atoms with E-state index in [1.807, 2.05) is 0 Å². The van der Waals surface area contributed by atoms with Crippen LogP contribution in [0.1, 0.15) is 37.7 Å². The molecule has 4 nitrogen and oxygen atoms in total. The molecule has 1 aliphatic rings. The molecule has 4 heteroatoms. The molecule has 19 heavy (non-hydrogen) atoms. The van der Waals surface area contributed by atoms with E-state index >= 15 is 0 Å². The number of rotatable bonds is 5. The minimum atomic E-state index is 0.0576. The summed E-state index contributed by atoms with van der Waals surface area (Å²) in [7, 11) is 0. The quantitative estimate of drug-likeness (QED) is 0.857. The zero-order valence-corrected chi connectivity index (χ0v) is 11.1. The van der Waals surface area contributed by atoms with Crippen LogP contribution in [-0.2, 0) is 16.1 Å². The third kappa shape index (κ3) is 4.91. The van der Waals surface area contributed by atoms with Gasteiger partial charge in [-0.2, -0.15) is 0 Å². The molecule has 104 valence electrons. The van der Waals surface area contributed by atoms with Crippen LogP contribution in [0.25, 0.3) is 0 Å². The predicted octanol–water partition coefficient (Wildman–Crippen LogP) is 2.36. The van der Waals surface area contributed by atoms with E-state index < -0.39 is 0 Å². The molecule has 1 aromatic rings. The standard InChI is InChI=1S/C15H21NO3/c17-13-6-4-12(5-7-13)11-16-15(18)9-8-14-3-1-2-10-19-14/h4-7,14,17H,1-3,8-11H2,(H,16,18). The molecule has 1 atom stereocenters. The van der Waals surface area contributed by atoms with E-state index in [0.29, 0.717) is 13.0 Å². The molecule has 1 fully saturated rings. The molecule has 1 amide bonds. The van der Waals surface area contributed by atoms with Crippen molar-refractivity contribution in [1.29, 1.82) is 0 Å². The van der Waals surface area contributed by atoms with Crippen molar-refractivity contribution in [2.24, 2.45) is 0 Å². The van der Waals surface area contributed by atoms with Crippen molar-refractivity contribution in [2.45, 2.75) is 44.8 Å². The van der Waals surface area contributed by atoms with Crippen molar-refractivity contribution >= 4 is 5.91 Å². The van der Waals surface area contributed by atoms with Crippen molar-refractivity contribution in [3.63, 3.8) is 0 Å². The van der Waals surface area contributed by atoms with Crippen LogP contribution in [0.2, 0.25) is 0 Å². The minimum Gasteiger partial charge on any atom is -0.508 e. The monoisotopic (exact) mass is 263 g/mol. The van der Waals surface area contributed by atoms with Crippen molar-refractivity contribution in [1.82, 2.24) is 5.32 Å². The normalized spacial score (nSPS) is 19.1. The van der Waals surface area contributed by atoms with Gasteiger partial charge in [0.25, 0.3) is 0 Å².